The number of sulfone groups is 1. The van der Waals surface area contributed by atoms with Crippen LogP contribution in [0.1, 0.15) is 50.7 Å². The van der Waals surface area contributed by atoms with Crippen molar-refractivity contribution < 1.29 is 13.2 Å². The molecule has 0 saturated carbocycles. The van der Waals surface area contributed by atoms with Crippen molar-refractivity contribution in [2.45, 2.75) is 63.3 Å². The summed E-state index contributed by atoms with van der Waals surface area (Å²) in [6, 6.07) is 5.72. The van der Waals surface area contributed by atoms with Gasteiger partial charge in [0.05, 0.1) is 10.6 Å². The number of hydrogen-bond donors (Lipinski definition) is 0. The largest absolute Gasteiger partial charge is 0.339 e. The smallest absolute Gasteiger partial charge is 0.223 e. The normalized spacial score (nSPS) is 20.6. The molecule has 0 spiro atoms. The molecule has 1 fully saturated rings. The number of carbonyl (C=O) groups excluding carboxylic acids is 1. The molecule has 0 aromatic heterocycles. The number of likely N-dealkylation sites (tertiary alicyclic amines) is 1. The van der Waals surface area contributed by atoms with E-state index in [2.05, 4.69) is 13.8 Å². The summed E-state index contributed by atoms with van der Waals surface area (Å²) in [7, 11) is -3.39. The lowest BCUT2D eigenvalue weighted by Crippen LogP contribution is -2.39. The van der Waals surface area contributed by atoms with Gasteiger partial charge in [-0.15, -0.1) is 0 Å². The quantitative estimate of drug-likeness (QED) is 0.821. The van der Waals surface area contributed by atoms with E-state index >= 15 is 0 Å². The van der Waals surface area contributed by atoms with Crippen LogP contribution in [0.25, 0.3) is 0 Å². The number of hydrogen-bond acceptors (Lipinski definition) is 3. The molecular formula is C19H27NO3S. The first-order valence-corrected chi connectivity index (χ1v) is 10.7. The maximum absolute atomic E-state index is 12.6. The molecule has 0 N–H and O–H groups in total. The Morgan fingerprint density at radius 3 is 2.71 bits per heavy atom. The van der Waals surface area contributed by atoms with E-state index in [1.807, 2.05) is 17.0 Å². The van der Waals surface area contributed by atoms with E-state index in [9.17, 15) is 13.2 Å². The van der Waals surface area contributed by atoms with Gasteiger partial charge in [0.1, 0.15) is 0 Å². The zero-order chi connectivity index (χ0) is 17.3. The molecule has 1 aromatic carbocycles. The molecule has 3 rings (SSSR count). The number of nitrogens with zero attached hydrogens (tertiary/aromatic N) is 1. The maximum Gasteiger partial charge on any atom is 0.223 e. The number of amides is 1. The number of benzene rings is 1. The van der Waals surface area contributed by atoms with E-state index in [0.29, 0.717) is 10.8 Å². The van der Waals surface area contributed by atoms with Gasteiger partial charge in [-0.05, 0) is 61.3 Å². The Morgan fingerprint density at radius 2 is 1.96 bits per heavy atom. The van der Waals surface area contributed by atoms with Gasteiger partial charge in [0, 0.05) is 19.0 Å². The van der Waals surface area contributed by atoms with Gasteiger partial charge in [-0.2, -0.15) is 0 Å². The van der Waals surface area contributed by atoms with Gasteiger partial charge in [-0.1, -0.05) is 19.9 Å². The minimum Gasteiger partial charge on any atom is -0.339 e. The summed E-state index contributed by atoms with van der Waals surface area (Å²) in [6.07, 6.45) is 5.24. The van der Waals surface area contributed by atoms with Crippen LogP contribution in [0.5, 0.6) is 0 Å². The highest BCUT2D eigenvalue weighted by Gasteiger charge is 2.31. The van der Waals surface area contributed by atoms with Gasteiger partial charge >= 0.3 is 0 Å². The standard InChI is InChI=1S/C19H27NO3S/c1-14(2)18-7-4-11-20(18)19(21)10-12-24(22,23)17-9-8-15-5-3-6-16(15)13-17/h8-9,13-14,18H,3-7,10-12H2,1-2H3/t18-/m1/s1. The third-order valence-corrected chi connectivity index (χ3v) is 7.12. The Labute approximate surface area is 145 Å². The molecular weight excluding hydrogens is 322 g/mol. The summed E-state index contributed by atoms with van der Waals surface area (Å²) in [5.41, 5.74) is 2.42. The molecule has 0 unspecified atom stereocenters. The van der Waals surface area contributed by atoms with Crippen molar-refractivity contribution in [2.75, 3.05) is 12.3 Å². The molecule has 1 amide bonds. The van der Waals surface area contributed by atoms with Crippen LogP contribution in [0, 0.1) is 5.92 Å². The van der Waals surface area contributed by atoms with Crippen LogP contribution in [0.3, 0.4) is 0 Å². The van der Waals surface area contributed by atoms with Gasteiger partial charge in [-0.25, -0.2) is 8.42 Å². The Hall–Kier alpha value is -1.36. The Balaban J connectivity index is 1.66. The fourth-order valence-corrected chi connectivity index (χ4v) is 5.30. The second-order valence-corrected chi connectivity index (χ2v) is 9.50. The summed E-state index contributed by atoms with van der Waals surface area (Å²) in [6.45, 7) is 5.01. The summed E-state index contributed by atoms with van der Waals surface area (Å²) in [5.74, 6) is 0.312. The molecule has 4 nitrogen and oxygen atoms in total. The Kier molecular flexibility index (Phi) is 5.00. The van der Waals surface area contributed by atoms with Crippen molar-refractivity contribution in [2.24, 2.45) is 5.92 Å². The topological polar surface area (TPSA) is 54.5 Å². The number of fused-ring (bicyclic) bond motifs is 1. The third-order valence-electron chi connectivity index (χ3n) is 5.40. The highest BCUT2D eigenvalue weighted by Crippen LogP contribution is 2.27. The van der Waals surface area contributed by atoms with Crippen molar-refractivity contribution in [1.82, 2.24) is 4.90 Å². The first kappa shape index (κ1) is 17.5. The molecule has 1 aliphatic carbocycles. The van der Waals surface area contributed by atoms with Gasteiger partial charge in [-0.3, -0.25) is 4.79 Å². The third kappa shape index (κ3) is 3.51. The van der Waals surface area contributed by atoms with Crippen molar-refractivity contribution in [3.05, 3.63) is 29.3 Å². The molecule has 0 radical (unpaired) electrons. The van der Waals surface area contributed by atoms with Gasteiger partial charge < -0.3 is 4.90 Å². The molecule has 132 valence electrons. The van der Waals surface area contributed by atoms with Gasteiger partial charge in [0.25, 0.3) is 0 Å². The van der Waals surface area contributed by atoms with Crippen LogP contribution in [0.2, 0.25) is 0 Å². The average Bonchev–Trinajstić information content (AvgIpc) is 3.20. The molecule has 1 aliphatic heterocycles. The molecule has 0 bridgehead atoms. The van der Waals surface area contributed by atoms with Crippen LogP contribution in [-0.4, -0.2) is 37.6 Å². The molecule has 5 heteroatoms. The van der Waals surface area contributed by atoms with Crippen LogP contribution >= 0.6 is 0 Å². The number of carbonyl (C=O) groups is 1. The zero-order valence-corrected chi connectivity index (χ0v) is 15.4. The second-order valence-electron chi connectivity index (χ2n) is 7.39. The van der Waals surface area contributed by atoms with E-state index in [0.717, 1.165) is 44.2 Å². The lowest BCUT2D eigenvalue weighted by Gasteiger charge is -2.27. The Bertz CT molecular complexity index is 724. The van der Waals surface area contributed by atoms with Crippen LogP contribution in [-0.2, 0) is 27.5 Å². The molecule has 1 atom stereocenters. The van der Waals surface area contributed by atoms with E-state index in [1.165, 1.54) is 5.56 Å². The fraction of sp³-hybridized carbons (Fsp3) is 0.632. The zero-order valence-electron chi connectivity index (χ0n) is 14.6. The Morgan fingerprint density at radius 1 is 1.21 bits per heavy atom. The van der Waals surface area contributed by atoms with Gasteiger partial charge in [0.15, 0.2) is 9.84 Å². The predicted molar refractivity (Wildman–Crippen MR) is 94.7 cm³/mol. The van der Waals surface area contributed by atoms with Gasteiger partial charge in [0.2, 0.25) is 5.91 Å². The SMILES string of the molecule is CC(C)[C@H]1CCCN1C(=O)CCS(=O)(=O)c1ccc2c(c1)CCC2. The second kappa shape index (κ2) is 6.87. The van der Waals surface area contributed by atoms with Crippen molar-refractivity contribution in [1.29, 1.82) is 0 Å². The predicted octanol–water partition coefficient (Wildman–Crippen LogP) is 2.99. The minimum absolute atomic E-state index is 0.0177. The highest BCUT2D eigenvalue weighted by atomic mass is 32.2. The first-order valence-electron chi connectivity index (χ1n) is 9.02. The highest BCUT2D eigenvalue weighted by molar-refractivity contribution is 7.91. The minimum atomic E-state index is -3.39. The average molecular weight is 349 g/mol. The molecule has 2 aliphatic rings. The maximum atomic E-state index is 12.6. The lowest BCUT2D eigenvalue weighted by molar-refractivity contribution is -0.132. The van der Waals surface area contributed by atoms with E-state index in [1.54, 1.807) is 6.07 Å². The first-order chi connectivity index (χ1) is 11.4. The van der Waals surface area contributed by atoms with Crippen molar-refractivity contribution in [3.8, 4) is 0 Å². The molecule has 1 heterocycles. The molecule has 1 saturated heterocycles. The van der Waals surface area contributed by atoms with Crippen molar-refractivity contribution in [3.63, 3.8) is 0 Å². The molecule has 1 aromatic rings. The number of aryl methyl sites for hydroxylation is 2. The summed E-state index contributed by atoms with van der Waals surface area (Å²) < 4.78 is 25.2. The lowest BCUT2D eigenvalue weighted by atomic mass is 10.0. The van der Waals surface area contributed by atoms with Crippen LogP contribution < -0.4 is 0 Å². The summed E-state index contributed by atoms with van der Waals surface area (Å²) in [5, 5.41) is 0. The monoisotopic (exact) mass is 349 g/mol. The van der Waals surface area contributed by atoms with Crippen molar-refractivity contribution >= 4 is 15.7 Å². The van der Waals surface area contributed by atoms with E-state index in [-0.39, 0.29) is 24.1 Å². The molecule has 24 heavy (non-hydrogen) atoms. The summed E-state index contributed by atoms with van der Waals surface area (Å²) >= 11 is 0. The number of rotatable bonds is 5. The van der Waals surface area contributed by atoms with Crippen LogP contribution in [0.15, 0.2) is 23.1 Å². The van der Waals surface area contributed by atoms with Crippen LogP contribution in [0.4, 0.5) is 0 Å². The van der Waals surface area contributed by atoms with E-state index in [4.69, 9.17) is 0 Å². The summed E-state index contributed by atoms with van der Waals surface area (Å²) in [4.78, 5) is 14.8. The fourth-order valence-electron chi connectivity index (χ4n) is 4.02. The van der Waals surface area contributed by atoms with E-state index < -0.39 is 9.84 Å².